The summed E-state index contributed by atoms with van der Waals surface area (Å²) in [6, 6.07) is 17.9. The molecule has 2 aromatic carbocycles. The summed E-state index contributed by atoms with van der Waals surface area (Å²) < 4.78 is 7.82. The van der Waals surface area contributed by atoms with Crippen molar-refractivity contribution in [2.24, 2.45) is 5.73 Å². The Hall–Kier alpha value is -2.59. The summed E-state index contributed by atoms with van der Waals surface area (Å²) in [6.07, 6.45) is 4.92. The molecular formula is C20H23N3O. The average molecular weight is 321 g/mol. The lowest BCUT2D eigenvalue weighted by Crippen LogP contribution is -2.11. The lowest BCUT2D eigenvalue weighted by atomic mass is 10.0. The van der Waals surface area contributed by atoms with Gasteiger partial charge >= 0.3 is 0 Å². The number of rotatable bonds is 7. The molecule has 1 atom stereocenters. The molecule has 0 radical (unpaired) electrons. The highest BCUT2D eigenvalue weighted by atomic mass is 16.5. The second-order valence-electron chi connectivity index (χ2n) is 5.86. The number of aryl methyl sites for hydroxylation is 1. The second kappa shape index (κ2) is 7.79. The minimum Gasteiger partial charge on any atom is -0.489 e. The summed E-state index contributed by atoms with van der Waals surface area (Å²) in [5.74, 6) is 0.827. The molecule has 1 heterocycles. The number of benzene rings is 2. The summed E-state index contributed by atoms with van der Waals surface area (Å²) in [4.78, 5) is 0. The van der Waals surface area contributed by atoms with E-state index in [0.717, 1.165) is 35.4 Å². The van der Waals surface area contributed by atoms with Crippen LogP contribution in [0.5, 0.6) is 5.75 Å². The first kappa shape index (κ1) is 16.3. The van der Waals surface area contributed by atoms with Crippen LogP contribution in [-0.4, -0.2) is 9.78 Å². The Morgan fingerprint density at radius 2 is 1.92 bits per heavy atom. The summed E-state index contributed by atoms with van der Waals surface area (Å²) in [7, 11) is 0. The van der Waals surface area contributed by atoms with Crippen LogP contribution in [0.1, 0.15) is 36.1 Å². The zero-order valence-electron chi connectivity index (χ0n) is 13.9. The maximum Gasteiger partial charge on any atom is 0.120 e. The standard InChI is InChI=1S/C20H23N3O/c1-2-11-23-14-18(13-22-23)20(21)17-9-6-10-19(12-17)24-15-16-7-4-3-5-8-16/h3-10,12-14,20H,2,11,15,21H2,1H3. The minimum atomic E-state index is -0.198. The van der Waals surface area contributed by atoms with Crippen LogP contribution >= 0.6 is 0 Å². The van der Waals surface area contributed by atoms with Crippen LogP contribution in [-0.2, 0) is 13.2 Å². The van der Waals surface area contributed by atoms with E-state index in [1.54, 1.807) is 0 Å². The molecule has 2 N–H and O–H groups in total. The van der Waals surface area contributed by atoms with E-state index in [1.807, 2.05) is 59.5 Å². The first-order valence-electron chi connectivity index (χ1n) is 8.31. The van der Waals surface area contributed by atoms with E-state index in [1.165, 1.54) is 0 Å². The first-order chi connectivity index (χ1) is 11.8. The molecular weight excluding hydrogens is 298 g/mol. The van der Waals surface area contributed by atoms with Crippen LogP contribution < -0.4 is 10.5 Å². The molecule has 1 aromatic heterocycles. The van der Waals surface area contributed by atoms with Crippen molar-refractivity contribution in [1.29, 1.82) is 0 Å². The van der Waals surface area contributed by atoms with Gasteiger partial charge in [-0.05, 0) is 29.7 Å². The number of hydrogen-bond acceptors (Lipinski definition) is 3. The monoisotopic (exact) mass is 321 g/mol. The smallest absolute Gasteiger partial charge is 0.120 e. The van der Waals surface area contributed by atoms with E-state index in [-0.39, 0.29) is 6.04 Å². The highest BCUT2D eigenvalue weighted by Crippen LogP contribution is 2.23. The number of hydrogen-bond donors (Lipinski definition) is 1. The number of ether oxygens (including phenoxy) is 1. The highest BCUT2D eigenvalue weighted by Gasteiger charge is 2.12. The van der Waals surface area contributed by atoms with Crippen molar-refractivity contribution in [2.75, 3.05) is 0 Å². The third kappa shape index (κ3) is 4.03. The van der Waals surface area contributed by atoms with Crippen molar-refractivity contribution in [1.82, 2.24) is 9.78 Å². The van der Waals surface area contributed by atoms with Gasteiger partial charge in [-0.1, -0.05) is 49.4 Å². The topological polar surface area (TPSA) is 53.1 Å². The van der Waals surface area contributed by atoms with Crippen LogP contribution in [0, 0.1) is 0 Å². The Morgan fingerprint density at radius 3 is 2.71 bits per heavy atom. The molecule has 0 aliphatic rings. The molecule has 0 saturated heterocycles. The van der Waals surface area contributed by atoms with Gasteiger partial charge in [0.1, 0.15) is 12.4 Å². The predicted molar refractivity (Wildman–Crippen MR) is 95.8 cm³/mol. The van der Waals surface area contributed by atoms with Crippen LogP contribution in [0.25, 0.3) is 0 Å². The Morgan fingerprint density at radius 1 is 1.08 bits per heavy atom. The summed E-state index contributed by atoms with van der Waals surface area (Å²) in [6.45, 7) is 3.59. The fourth-order valence-corrected chi connectivity index (χ4v) is 2.62. The van der Waals surface area contributed by atoms with E-state index < -0.39 is 0 Å². The van der Waals surface area contributed by atoms with E-state index in [9.17, 15) is 0 Å². The van der Waals surface area contributed by atoms with Gasteiger partial charge in [-0.15, -0.1) is 0 Å². The minimum absolute atomic E-state index is 0.198. The average Bonchev–Trinajstić information content (AvgIpc) is 3.09. The maximum absolute atomic E-state index is 6.39. The maximum atomic E-state index is 6.39. The van der Waals surface area contributed by atoms with Gasteiger partial charge in [0.2, 0.25) is 0 Å². The van der Waals surface area contributed by atoms with Gasteiger partial charge in [0.15, 0.2) is 0 Å². The zero-order valence-corrected chi connectivity index (χ0v) is 13.9. The number of nitrogens with two attached hydrogens (primary N) is 1. The molecule has 0 aliphatic carbocycles. The normalized spacial score (nSPS) is 12.1. The van der Waals surface area contributed by atoms with E-state index in [4.69, 9.17) is 10.5 Å². The van der Waals surface area contributed by atoms with Gasteiger partial charge in [0.25, 0.3) is 0 Å². The van der Waals surface area contributed by atoms with E-state index in [0.29, 0.717) is 6.61 Å². The highest BCUT2D eigenvalue weighted by molar-refractivity contribution is 5.35. The van der Waals surface area contributed by atoms with Crippen LogP contribution in [0.4, 0.5) is 0 Å². The molecule has 0 amide bonds. The molecule has 4 heteroatoms. The van der Waals surface area contributed by atoms with Crippen molar-refractivity contribution in [3.8, 4) is 5.75 Å². The molecule has 124 valence electrons. The first-order valence-corrected chi connectivity index (χ1v) is 8.31. The van der Waals surface area contributed by atoms with E-state index >= 15 is 0 Å². The predicted octanol–water partition coefficient (Wildman–Crippen LogP) is 3.92. The molecule has 4 nitrogen and oxygen atoms in total. The molecule has 0 saturated carbocycles. The molecule has 24 heavy (non-hydrogen) atoms. The largest absolute Gasteiger partial charge is 0.489 e. The summed E-state index contributed by atoms with van der Waals surface area (Å²) >= 11 is 0. The molecule has 3 rings (SSSR count). The van der Waals surface area contributed by atoms with Gasteiger partial charge in [-0.25, -0.2) is 0 Å². The van der Waals surface area contributed by atoms with E-state index in [2.05, 4.69) is 24.2 Å². The molecule has 0 aliphatic heterocycles. The van der Waals surface area contributed by atoms with Gasteiger partial charge < -0.3 is 10.5 Å². The zero-order chi connectivity index (χ0) is 16.8. The van der Waals surface area contributed by atoms with Gasteiger partial charge in [-0.2, -0.15) is 5.10 Å². The Kier molecular flexibility index (Phi) is 5.29. The molecule has 0 bridgehead atoms. The summed E-state index contributed by atoms with van der Waals surface area (Å²) in [5.41, 5.74) is 9.58. The molecule has 3 aromatic rings. The fourth-order valence-electron chi connectivity index (χ4n) is 2.62. The lowest BCUT2D eigenvalue weighted by Gasteiger charge is -2.12. The van der Waals surface area contributed by atoms with Gasteiger partial charge in [0, 0.05) is 18.3 Å². The molecule has 0 spiro atoms. The van der Waals surface area contributed by atoms with Gasteiger partial charge in [0.05, 0.1) is 12.2 Å². The second-order valence-corrected chi connectivity index (χ2v) is 5.86. The fraction of sp³-hybridized carbons (Fsp3) is 0.250. The Bertz CT molecular complexity index is 767. The Labute approximate surface area is 142 Å². The molecule has 0 fully saturated rings. The van der Waals surface area contributed by atoms with Crippen molar-refractivity contribution < 1.29 is 4.74 Å². The van der Waals surface area contributed by atoms with Crippen LogP contribution in [0.15, 0.2) is 67.0 Å². The third-order valence-corrected chi connectivity index (χ3v) is 3.93. The number of nitrogens with zero attached hydrogens (tertiary/aromatic N) is 2. The Balaban J connectivity index is 1.69. The van der Waals surface area contributed by atoms with Crippen LogP contribution in [0.3, 0.4) is 0 Å². The van der Waals surface area contributed by atoms with Crippen molar-refractivity contribution in [3.63, 3.8) is 0 Å². The molecule has 1 unspecified atom stereocenters. The SMILES string of the molecule is CCCn1cc(C(N)c2cccc(OCc3ccccc3)c2)cn1. The van der Waals surface area contributed by atoms with Crippen LogP contribution in [0.2, 0.25) is 0 Å². The quantitative estimate of drug-likeness (QED) is 0.717. The number of aromatic nitrogens is 2. The lowest BCUT2D eigenvalue weighted by molar-refractivity contribution is 0.306. The third-order valence-electron chi connectivity index (χ3n) is 3.93. The van der Waals surface area contributed by atoms with Gasteiger partial charge in [-0.3, -0.25) is 4.68 Å². The van der Waals surface area contributed by atoms with Crippen molar-refractivity contribution >= 4 is 0 Å². The van der Waals surface area contributed by atoms with Crippen molar-refractivity contribution in [3.05, 3.63) is 83.7 Å². The summed E-state index contributed by atoms with van der Waals surface area (Å²) in [5, 5.41) is 4.36. The van der Waals surface area contributed by atoms with Crippen molar-refractivity contribution in [2.45, 2.75) is 32.5 Å².